The van der Waals surface area contributed by atoms with E-state index < -0.39 is 0 Å². The lowest BCUT2D eigenvalue weighted by molar-refractivity contribution is 0.0952. The summed E-state index contributed by atoms with van der Waals surface area (Å²) >= 11 is 1.65. The van der Waals surface area contributed by atoms with E-state index in [2.05, 4.69) is 25.2 Å². The molecule has 5 rings (SSSR count). The van der Waals surface area contributed by atoms with Crippen molar-refractivity contribution in [3.63, 3.8) is 0 Å². The Kier molecular flexibility index (Phi) is 5.28. The predicted octanol–water partition coefficient (Wildman–Crippen LogP) is 4.25. The number of carbonyl (C=O) groups excluding carboxylic acids is 1. The van der Waals surface area contributed by atoms with Gasteiger partial charge in [0, 0.05) is 24.0 Å². The number of rotatable bonds is 6. The van der Waals surface area contributed by atoms with Crippen molar-refractivity contribution >= 4 is 22.8 Å². The monoisotopic (exact) mass is 442 g/mol. The van der Waals surface area contributed by atoms with E-state index in [9.17, 15) is 4.79 Å². The molecule has 0 spiro atoms. The summed E-state index contributed by atoms with van der Waals surface area (Å²) in [5.41, 5.74) is 4.98. The molecule has 0 aliphatic rings. The average Bonchev–Trinajstić information content (AvgIpc) is 3.50. The number of nitrogens with zero attached hydrogens (tertiary/aromatic N) is 5. The van der Waals surface area contributed by atoms with Gasteiger partial charge in [0.1, 0.15) is 11.5 Å². The number of amides is 1. The normalized spacial score (nSPS) is 11.2. The van der Waals surface area contributed by atoms with E-state index in [1.54, 1.807) is 17.5 Å². The van der Waals surface area contributed by atoms with Crippen LogP contribution in [-0.4, -0.2) is 29.8 Å². The third-order valence-corrected chi connectivity index (χ3v) is 6.14. The van der Waals surface area contributed by atoms with Crippen LogP contribution in [0, 0.1) is 13.8 Å². The highest BCUT2D eigenvalue weighted by atomic mass is 32.1. The van der Waals surface area contributed by atoms with Gasteiger partial charge in [-0.1, -0.05) is 12.1 Å². The van der Waals surface area contributed by atoms with Gasteiger partial charge >= 0.3 is 0 Å². The highest BCUT2D eigenvalue weighted by molar-refractivity contribution is 7.09. The topological polar surface area (TPSA) is 77.1 Å². The first-order chi connectivity index (χ1) is 15.6. The molecule has 8 heteroatoms. The lowest BCUT2D eigenvalue weighted by atomic mass is 10.2. The number of pyridine rings is 2. The Balaban J connectivity index is 1.46. The third kappa shape index (κ3) is 3.92. The minimum absolute atomic E-state index is 0.139. The first-order valence-electron chi connectivity index (χ1n) is 10.3. The van der Waals surface area contributed by atoms with Gasteiger partial charge in [0.15, 0.2) is 0 Å². The van der Waals surface area contributed by atoms with E-state index in [1.165, 1.54) is 0 Å². The summed E-state index contributed by atoms with van der Waals surface area (Å²) in [6.45, 7) is 5.04. The van der Waals surface area contributed by atoms with Gasteiger partial charge in [-0.25, -0.2) is 9.97 Å². The van der Waals surface area contributed by atoms with Crippen LogP contribution < -0.4 is 5.32 Å². The number of aromatic nitrogens is 5. The molecule has 1 amide bonds. The summed E-state index contributed by atoms with van der Waals surface area (Å²) in [5, 5.41) is 6.10. The first-order valence-corrected chi connectivity index (χ1v) is 11.2. The standard InChI is InChI=1S/C24H22N6OS/c1-16-27-21(14-29(16)13-19-15-32-17(2)28-19)23-11-20(22-8-4-6-10-30(22)23)24(31)26-12-18-7-3-5-9-25-18/h3-11,14-15H,12-13H2,1-2H3,(H,26,31). The molecular formula is C24H22N6OS. The maximum atomic E-state index is 13.0. The van der Waals surface area contributed by atoms with Gasteiger partial charge in [-0.2, -0.15) is 0 Å². The average molecular weight is 443 g/mol. The molecule has 1 N–H and O–H groups in total. The molecule has 0 atom stereocenters. The molecule has 0 aliphatic carbocycles. The fourth-order valence-corrected chi connectivity index (χ4v) is 4.35. The van der Waals surface area contributed by atoms with Crippen molar-refractivity contribution in [1.29, 1.82) is 0 Å². The molecule has 0 radical (unpaired) electrons. The van der Waals surface area contributed by atoms with E-state index in [-0.39, 0.29) is 5.91 Å². The van der Waals surface area contributed by atoms with Crippen LogP contribution >= 0.6 is 11.3 Å². The summed E-state index contributed by atoms with van der Waals surface area (Å²) in [6.07, 6.45) is 5.70. The third-order valence-electron chi connectivity index (χ3n) is 5.31. The van der Waals surface area contributed by atoms with E-state index in [4.69, 9.17) is 4.98 Å². The van der Waals surface area contributed by atoms with Gasteiger partial charge in [0.05, 0.1) is 46.3 Å². The lowest BCUT2D eigenvalue weighted by Gasteiger charge is -2.04. The number of imidazole rings is 1. The van der Waals surface area contributed by atoms with Gasteiger partial charge in [-0.05, 0) is 44.2 Å². The molecule has 0 fully saturated rings. The van der Waals surface area contributed by atoms with Crippen molar-refractivity contribution in [2.45, 2.75) is 26.9 Å². The number of thiazole rings is 1. The maximum absolute atomic E-state index is 13.0. The van der Waals surface area contributed by atoms with Crippen molar-refractivity contribution in [2.24, 2.45) is 0 Å². The Bertz CT molecular complexity index is 1400. The van der Waals surface area contributed by atoms with Crippen LogP contribution in [0.5, 0.6) is 0 Å². The second-order valence-electron chi connectivity index (χ2n) is 7.56. The number of hydrogen-bond acceptors (Lipinski definition) is 5. The zero-order valence-corrected chi connectivity index (χ0v) is 18.6. The van der Waals surface area contributed by atoms with Crippen LogP contribution in [0.4, 0.5) is 0 Å². The molecule has 0 saturated heterocycles. The number of fused-ring (bicyclic) bond motifs is 1. The molecule has 5 aromatic heterocycles. The number of carbonyl (C=O) groups is 1. The minimum Gasteiger partial charge on any atom is -0.346 e. The molecule has 0 aromatic carbocycles. The van der Waals surface area contributed by atoms with Crippen LogP contribution in [0.1, 0.15) is 32.6 Å². The highest BCUT2D eigenvalue weighted by Gasteiger charge is 2.18. The number of hydrogen-bond donors (Lipinski definition) is 1. The van der Waals surface area contributed by atoms with Gasteiger partial charge in [0.2, 0.25) is 0 Å². The summed E-state index contributed by atoms with van der Waals surface area (Å²) < 4.78 is 4.10. The Hall–Kier alpha value is -3.78. The van der Waals surface area contributed by atoms with Crippen LogP contribution in [0.2, 0.25) is 0 Å². The van der Waals surface area contributed by atoms with Crippen LogP contribution in [0.3, 0.4) is 0 Å². The maximum Gasteiger partial charge on any atom is 0.253 e. The predicted molar refractivity (Wildman–Crippen MR) is 125 cm³/mol. The van der Waals surface area contributed by atoms with Gasteiger partial charge < -0.3 is 14.3 Å². The van der Waals surface area contributed by atoms with E-state index >= 15 is 0 Å². The van der Waals surface area contributed by atoms with Crippen LogP contribution in [0.15, 0.2) is 66.4 Å². The molecule has 7 nitrogen and oxygen atoms in total. The number of aryl methyl sites for hydroxylation is 2. The van der Waals surface area contributed by atoms with Crippen molar-refractivity contribution in [2.75, 3.05) is 0 Å². The summed E-state index contributed by atoms with van der Waals surface area (Å²) in [4.78, 5) is 26.6. The Morgan fingerprint density at radius 2 is 1.97 bits per heavy atom. The Morgan fingerprint density at radius 1 is 1.09 bits per heavy atom. The smallest absolute Gasteiger partial charge is 0.253 e. The molecule has 0 unspecified atom stereocenters. The van der Waals surface area contributed by atoms with E-state index in [0.717, 1.165) is 39.1 Å². The summed E-state index contributed by atoms with van der Waals surface area (Å²) in [6, 6.07) is 13.4. The molecule has 0 bridgehead atoms. The van der Waals surface area contributed by atoms with Crippen molar-refractivity contribution in [1.82, 2.24) is 29.2 Å². The van der Waals surface area contributed by atoms with Gasteiger partial charge in [-0.15, -0.1) is 11.3 Å². The van der Waals surface area contributed by atoms with E-state index in [1.807, 2.05) is 73.1 Å². The van der Waals surface area contributed by atoms with E-state index in [0.29, 0.717) is 18.7 Å². The molecule has 5 aromatic rings. The van der Waals surface area contributed by atoms with Gasteiger partial charge in [0.25, 0.3) is 5.91 Å². The quantitative estimate of drug-likeness (QED) is 0.427. The SMILES string of the molecule is Cc1nc(Cn2cc(-c3cc(C(=O)NCc4ccccn4)c4ccccn34)nc2C)cs1. The first kappa shape index (κ1) is 20.1. The Labute approximate surface area is 189 Å². The fraction of sp³-hybridized carbons (Fsp3) is 0.167. The molecule has 0 saturated carbocycles. The Morgan fingerprint density at radius 3 is 2.75 bits per heavy atom. The summed E-state index contributed by atoms with van der Waals surface area (Å²) in [5.74, 6) is 0.761. The number of nitrogens with one attached hydrogen (secondary N) is 1. The van der Waals surface area contributed by atoms with Crippen LogP contribution in [0.25, 0.3) is 16.9 Å². The lowest BCUT2D eigenvalue weighted by Crippen LogP contribution is -2.23. The molecule has 32 heavy (non-hydrogen) atoms. The van der Waals surface area contributed by atoms with Crippen molar-refractivity contribution < 1.29 is 4.79 Å². The molecule has 0 aliphatic heterocycles. The summed E-state index contributed by atoms with van der Waals surface area (Å²) in [7, 11) is 0. The van der Waals surface area contributed by atoms with Gasteiger partial charge in [-0.3, -0.25) is 9.78 Å². The largest absolute Gasteiger partial charge is 0.346 e. The second-order valence-corrected chi connectivity index (χ2v) is 8.62. The van der Waals surface area contributed by atoms with Crippen molar-refractivity contribution in [3.8, 4) is 11.4 Å². The zero-order valence-electron chi connectivity index (χ0n) is 17.8. The molecule has 5 heterocycles. The molecule has 160 valence electrons. The van der Waals surface area contributed by atoms with Crippen LogP contribution in [-0.2, 0) is 13.1 Å². The molecular weight excluding hydrogens is 420 g/mol. The fourth-order valence-electron chi connectivity index (χ4n) is 3.75. The zero-order chi connectivity index (χ0) is 22.1. The highest BCUT2D eigenvalue weighted by Crippen LogP contribution is 2.26. The van der Waals surface area contributed by atoms with Crippen molar-refractivity contribution in [3.05, 3.63) is 94.2 Å². The minimum atomic E-state index is -0.139. The second kappa shape index (κ2) is 8.39.